The molecule has 0 aromatic heterocycles. The SMILES string of the molecule is O=C(CCNC(=O)C12CC3OC(=O)C1N(Cc1cccc(C=CC4CCC5OC5C4)c1)OC2C1OC2(Cc4ccccc4C2)OC31)NCCO. The summed E-state index contributed by atoms with van der Waals surface area (Å²) in [5, 5.41) is 16.2. The number of esters is 1. The van der Waals surface area contributed by atoms with E-state index in [2.05, 4.69) is 47.1 Å². The molecule has 2 saturated carbocycles. The molecule has 2 amide bonds. The van der Waals surface area contributed by atoms with Crippen LogP contribution in [0.15, 0.2) is 54.6 Å². The van der Waals surface area contributed by atoms with Gasteiger partial charge in [-0.2, -0.15) is 5.06 Å². The molecule has 9 rings (SSSR count). The zero-order valence-electron chi connectivity index (χ0n) is 27.8. The van der Waals surface area contributed by atoms with Crippen LogP contribution in [-0.4, -0.2) is 96.1 Å². The molecule has 4 heterocycles. The van der Waals surface area contributed by atoms with E-state index in [1.54, 1.807) is 5.06 Å². The van der Waals surface area contributed by atoms with E-state index < -0.39 is 47.6 Å². The van der Waals surface area contributed by atoms with Crippen LogP contribution >= 0.6 is 0 Å². The quantitative estimate of drug-likeness (QED) is 0.251. The molecule has 9 atom stereocenters. The molecule has 4 aliphatic heterocycles. The maximum absolute atomic E-state index is 14.4. The van der Waals surface area contributed by atoms with Gasteiger partial charge in [-0.15, -0.1) is 0 Å². The largest absolute Gasteiger partial charge is 0.458 e. The Balaban J connectivity index is 0.986. The molecule has 2 bridgehead atoms. The third-order valence-electron chi connectivity index (χ3n) is 11.7. The summed E-state index contributed by atoms with van der Waals surface area (Å²) in [4.78, 5) is 47.4. The van der Waals surface area contributed by atoms with Crippen LogP contribution in [0.2, 0.25) is 0 Å². The van der Waals surface area contributed by atoms with E-state index in [1.807, 2.05) is 24.3 Å². The number of nitrogens with zero attached hydrogens (tertiary/aromatic N) is 1. The molecular formula is C38H43N3O9. The van der Waals surface area contributed by atoms with Crippen LogP contribution in [-0.2, 0) is 57.6 Å². The maximum Gasteiger partial charge on any atom is 0.327 e. The summed E-state index contributed by atoms with van der Waals surface area (Å²) in [7, 11) is 0. The summed E-state index contributed by atoms with van der Waals surface area (Å²) in [6.07, 6.45) is 7.15. The third-order valence-corrected chi connectivity index (χ3v) is 11.7. The van der Waals surface area contributed by atoms with Crippen molar-refractivity contribution in [1.82, 2.24) is 15.7 Å². The Hall–Kier alpha value is -3.65. The first-order chi connectivity index (χ1) is 24.3. The fraction of sp³-hybridized carbons (Fsp3) is 0.553. The summed E-state index contributed by atoms with van der Waals surface area (Å²) >= 11 is 0. The van der Waals surface area contributed by atoms with Gasteiger partial charge in [0.2, 0.25) is 11.8 Å². The van der Waals surface area contributed by atoms with E-state index in [0.717, 1.165) is 41.5 Å². The number of amides is 2. The van der Waals surface area contributed by atoms with Crippen LogP contribution in [0.3, 0.4) is 0 Å². The lowest BCUT2D eigenvalue weighted by molar-refractivity contribution is -0.217. The van der Waals surface area contributed by atoms with Crippen LogP contribution < -0.4 is 10.6 Å². The molecule has 4 saturated heterocycles. The Morgan fingerprint density at radius 3 is 2.58 bits per heavy atom. The number of aliphatic hydroxyl groups is 1. The lowest BCUT2D eigenvalue weighted by Gasteiger charge is -2.48. The molecule has 50 heavy (non-hydrogen) atoms. The first-order valence-corrected chi connectivity index (χ1v) is 18.0. The molecule has 12 heteroatoms. The lowest BCUT2D eigenvalue weighted by atomic mass is 9.62. The van der Waals surface area contributed by atoms with Gasteiger partial charge in [0.05, 0.1) is 25.4 Å². The van der Waals surface area contributed by atoms with E-state index in [4.69, 9.17) is 28.9 Å². The average molecular weight is 686 g/mol. The van der Waals surface area contributed by atoms with Gasteiger partial charge in [-0.25, -0.2) is 0 Å². The van der Waals surface area contributed by atoms with Crippen LogP contribution in [0.5, 0.6) is 0 Å². The van der Waals surface area contributed by atoms with Gasteiger partial charge in [0.25, 0.3) is 0 Å². The topological polar surface area (TPSA) is 148 Å². The number of hydroxylamine groups is 2. The summed E-state index contributed by atoms with van der Waals surface area (Å²) in [6.45, 7) is 0.271. The van der Waals surface area contributed by atoms with Crippen molar-refractivity contribution in [1.29, 1.82) is 0 Å². The normalized spacial score (nSPS) is 35.7. The second-order valence-corrected chi connectivity index (χ2v) is 14.9. The van der Waals surface area contributed by atoms with E-state index in [1.165, 1.54) is 0 Å². The number of hydrogen-bond acceptors (Lipinski definition) is 10. The van der Waals surface area contributed by atoms with Gasteiger partial charge in [-0.1, -0.05) is 60.7 Å². The Bertz CT molecular complexity index is 1690. The van der Waals surface area contributed by atoms with Crippen molar-refractivity contribution >= 4 is 23.9 Å². The number of allylic oxidation sites excluding steroid dienone is 1. The Kier molecular flexibility index (Phi) is 8.09. The highest BCUT2D eigenvalue weighted by Gasteiger charge is 2.76. The molecule has 3 N–H and O–H groups in total. The van der Waals surface area contributed by atoms with E-state index >= 15 is 0 Å². The predicted octanol–water partition coefficient (Wildman–Crippen LogP) is 1.96. The highest BCUT2D eigenvalue weighted by atomic mass is 16.8. The minimum absolute atomic E-state index is 0.0259. The van der Waals surface area contributed by atoms with E-state index in [-0.39, 0.29) is 50.9 Å². The molecule has 0 radical (unpaired) electrons. The fourth-order valence-corrected chi connectivity index (χ4v) is 9.33. The average Bonchev–Trinajstić information content (AvgIpc) is 3.46. The summed E-state index contributed by atoms with van der Waals surface area (Å²) in [5.74, 6) is -1.65. The smallest absolute Gasteiger partial charge is 0.327 e. The van der Waals surface area contributed by atoms with Gasteiger partial charge in [0.15, 0.2) is 11.8 Å². The summed E-state index contributed by atoms with van der Waals surface area (Å²) < 4.78 is 25.3. The highest BCUT2D eigenvalue weighted by molar-refractivity contribution is 5.94. The Morgan fingerprint density at radius 1 is 0.960 bits per heavy atom. The van der Waals surface area contributed by atoms with Gasteiger partial charge in [0.1, 0.15) is 29.8 Å². The van der Waals surface area contributed by atoms with Crippen molar-refractivity contribution in [3.63, 3.8) is 0 Å². The molecule has 12 nitrogen and oxygen atoms in total. The molecule has 2 aromatic rings. The number of hydrogen-bond donors (Lipinski definition) is 3. The molecule has 3 aliphatic carbocycles. The van der Waals surface area contributed by atoms with Crippen LogP contribution in [0.25, 0.3) is 6.08 Å². The molecular weight excluding hydrogens is 642 g/mol. The second kappa shape index (κ2) is 12.5. The number of carbonyl (C=O) groups excluding carboxylic acids is 3. The van der Waals surface area contributed by atoms with Crippen molar-refractivity contribution in [3.8, 4) is 0 Å². The molecule has 9 unspecified atom stereocenters. The lowest BCUT2D eigenvalue weighted by Crippen LogP contribution is -2.69. The Labute approximate surface area is 290 Å². The molecule has 264 valence electrons. The van der Waals surface area contributed by atoms with Crippen molar-refractivity contribution in [2.45, 2.75) is 99.9 Å². The van der Waals surface area contributed by atoms with Crippen molar-refractivity contribution in [2.75, 3.05) is 19.7 Å². The van der Waals surface area contributed by atoms with Gasteiger partial charge in [0, 0.05) is 38.8 Å². The second-order valence-electron chi connectivity index (χ2n) is 14.9. The van der Waals surface area contributed by atoms with Crippen LogP contribution in [0.1, 0.15) is 54.4 Å². The van der Waals surface area contributed by atoms with E-state index in [9.17, 15) is 14.4 Å². The summed E-state index contributed by atoms with van der Waals surface area (Å²) in [5.41, 5.74) is 2.93. The molecule has 7 aliphatic rings. The number of carbonyl (C=O) groups is 3. The van der Waals surface area contributed by atoms with Gasteiger partial charge in [-0.3, -0.25) is 19.2 Å². The molecule has 1 spiro atoms. The maximum atomic E-state index is 14.4. The number of nitrogens with one attached hydrogen (secondary N) is 2. The Morgan fingerprint density at radius 2 is 1.78 bits per heavy atom. The number of ether oxygens (including phenoxy) is 4. The van der Waals surface area contributed by atoms with Crippen molar-refractivity contribution < 1.29 is 43.3 Å². The van der Waals surface area contributed by atoms with Gasteiger partial charge < -0.3 is 34.7 Å². The highest BCUT2D eigenvalue weighted by Crippen LogP contribution is 2.58. The van der Waals surface area contributed by atoms with Crippen molar-refractivity contribution in [3.05, 3.63) is 76.9 Å². The predicted molar refractivity (Wildman–Crippen MR) is 177 cm³/mol. The minimum Gasteiger partial charge on any atom is -0.458 e. The number of rotatable bonds is 10. The monoisotopic (exact) mass is 685 g/mol. The number of aliphatic hydroxyl groups excluding tert-OH is 1. The van der Waals surface area contributed by atoms with E-state index in [0.29, 0.717) is 31.0 Å². The standard InChI is InChI=1S/C38H43N3O9/c42-15-14-39-30(43)12-13-40-36(45)38-20-29-31-32(49-37(48-31)18-25-6-1-2-7-26(25)19-37)34(38)50-41(33(38)35(44)47-29)21-24-5-3-4-22(16-24)8-9-23-10-11-27-28(17-23)46-27/h1-9,16,23,27-29,31-34,42H,10-15,17-21H2,(H,39,43)(H,40,45). The zero-order valence-corrected chi connectivity index (χ0v) is 27.8. The first kappa shape index (κ1) is 32.3. The first-order valence-electron chi connectivity index (χ1n) is 18.0. The summed E-state index contributed by atoms with van der Waals surface area (Å²) in [6, 6.07) is 15.2. The minimum atomic E-state index is -1.33. The van der Waals surface area contributed by atoms with Gasteiger partial charge in [-0.05, 0) is 47.4 Å². The molecule has 2 aromatic carbocycles. The third kappa shape index (κ3) is 5.57. The zero-order chi connectivity index (χ0) is 34.0. The van der Waals surface area contributed by atoms with Crippen LogP contribution in [0, 0.1) is 11.3 Å². The molecule has 6 fully saturated rings. The van der Waals surface area contributed by atoms with Crippen LogP contribution in [0.4, 0.5) is 0 Å². The van der Waals surface area contributed by atoms with Crippen molar-refractivity contribution in [2.24, 2.45) is 11.3 Å². The number of benzene rings is 2. The fourth-order valence-electron chi connectivity index (χ4n) is 9.33. The number of fused-ring (bicyclic) bond motifs is 6. The number of epoxide rings is 1. The van der Waals surface area contributed by atoms with Gasteiger partial charge >= 0.3 is 5.97 Å².